The van der Waals surface area contributed by atoms with Crippen LogP contribution in [0.4, 0.5) is 22.0 Å². The molecule has 0 aliphatic heterocycles. The highest BCUT2D eigenvalue weighted by molar-refractivity contribution is 6.32. The molecule has 3 aromatic rings. The zero-order chi connectivity index (χ0) is 27.5. The third-order valence-electron chi connectivity index (χ3n) is 4.98. The summed E-state index contributed by atoms with van der Waals surface area (Å²) in [6.07, 6.45) is -6.66. The Balaban J connectivity index is 2.11. The molecule has 196 valence electrons. The molecule has 1 aromatic carbocycles. The highest BCUT2D eigenvalue weighted by Crippen LogP contribution is 2.37. The first-order chi connectivity index (χ1) is 17.4. The minimum Gasteiger partial charge on any atom is -0.484 e. The monoisotopic (exact) mass is 547 g/mol. The molecule has 15 heteroatoms. The number of aromatic nitrogens is 3. The Morgan fingerprint density at radius 1 is 1.27 bits per heavy atom. The molecule has 9 nitrogen and oxygen atoms in total. The van der Waals surface area contributed by atoms with Crippen molar-refractivity contribution in [3.05, 3.63) is 74.2 Å². The van der Waals surface area contributed by atoms with Crippen LogP contribution < -0.4 is 19.8 Å². The van der Waals surface area contributed by atoms with Gasteiger partial charge in [0, 0.05) is 21.9 Å². The van der Waals surface area contributed by atoms with Crippen LogP contribution in [0.3, 0.4) is 0 Å². The zero-order valence-corrected chi connectivity index (χ0v) is 19.5. The molecule has 0 saturated heterocycles. The van der Waals surface area contributed by atoms with E-state index in [2.05, 4.69) is 4.98 Å². The van der Waals surface area contributed by atoms with Crippen molar-refractivity contribution in [2.24, 2.45) is 0 Å². The van der Waals surface area contributed by atoms with Gasteiger partial charge in [-0.05, 0) is 19.1 Å². The van der Waals surface area contributed by atoms with Crippen LogP contribution in [0.15, 0.2) is 35.5 Å². The normalized spacial score (nSPS) is 11.5. The van der Waals surface area contributed by atoms with Crippen LogP contribution in [0.1, 0.15) is 34.5 Å². The fourth-order valence-corrected chi connectivity index (χ4v) is 3.37. The maximum Gasteiger partial charge on any atom is 0.437 e. The smallest absolute Gasteiger partial charge is 0.437 e. The summed E-state index contributed by atoms with van der Waals surface area (Å²) in [5.74, 6) is -1.92. The molecular formula is C22H17ClF5N4O5+. The van der Waals surface area contributed by atoms with E-state index in [1.54, 1.807) is 6.07 Å². The molecule has 0 amide bonds. The van der Waals surface area contributed by atoms with E-state index in [0.29, 0.717) is 15.6 Å². The average Bonchev–Trinajstić information content (AvgIpc) is 2.82. The number of nitrogens with zero attached hydrogens (tertiary/aromatic N) is 4. The number of alkyl halides is 5. The van der Waals surface area contributed by atoms with Gasteiger partial charge in [-0.1, -0.05) is 11.6 Å². The maximum absolute atomic E-state index is 13.7. The fraction of sp³-hybridized carbons (Fsp3) is 0.273. The minimum absolute atomic E-state index is 0.0217. The van der Waals surface area contributed by atoms with Crippen LogP contribution in [0.2, 0.25) is 5.02 Å². The second-order valence-corrected chi connectivity index (χ2v) is 7.86. The Bertz CT molecular complexity index is 1420. The van der Waals surface area contributed by atoms with Gasteiger partial charge in [-0.25, -0.2) is 13.8 Å². The second kappa shape index (κ2) is 11.0. The van der Waals surface area contributed by atoms with E-state index in [1.165, 1.54) is 6.92 Å². The van der Waals surface area contributed by atoms with Crippen molar-refractivity contribution < 1.29 is 46.5 Å². The summed E-state index contributed by atoms with van der Waals surface area (Å²) < 4.78 is 79.0. The van der Waals surface area contributed by atoms with Crippen molar-refractivity contribution >= 4 is 11.6 Å². The fourth-order valence-electron chi connectivity index (χ4n) is 3.14. The van der Waals surface area contributed by atoms with Crippen molar-refractivity contribution in [3.8, 4) is 23.3 Å². The van der Waals surface area contributed by atoms with E-state index >= 15 is 0 Å². The van der Waals surface area contributed by atoms with Gasteiger partial charge < -0.3 is 14.6 Å². The quantitative estimate of drug-likeness (QED) is 0.250. The molecule has 0 bridgehead atoms. The van der Waals surface area contributed by atoms with E-state index in [1.807, 2.05) is 0 Å². The molecule has 3 rings (SSSR count). The Morgan fingerprint density at radius 2 is 1.97 bits per heavy atom. The molecule has 0 fully saturated rings. The molecular weight excluding hydrogens is 531 g/mol. The molecule has 2 aromatic heterocycles. The number of hydrogen-bond acceptors (Lipinski definition) is 7. The third kappa shape index (κ3) is 6.07. The molecule has 0 saturated carbocycles. The van der Waals surface area contributed by atoms with E-state index in [-0.39, 0.29) is 40.8 Å². The summed E-state index contributed by atoms with van der Waals surface area (Å²) in [5, 5.41) is 28.2. The minimum atomic E-state index is -5.16. The maximum atomic E-state index is 13.7. The number of pyridine rings is 1. The van der Waals surface area contributed by atoms with Gasteiger partial charge in [0.05, 0.1) is 29.6 Å². The largest absolute Gasteiger partial charge is 0.484 e. The second-order valence-electron chi connectivity index (χ2n) is 7.45. The van der Waals surface area contributed by atoms with Crippen LogP contribution in [0.25, 0.3) is 0 Å². The lowest BCUT2D eigenvalue weighted by molar-refractivity contribution is -0.909. The predicted molar refractivity (Wildman–Crippen MR) is 115 cm³/mol. The first-order valence-electron chi connectivity index (χ1n) is 10.2. The van der Waals surface area contributed by atoms with E-state index in [9.17, 15) is 37.2 Å². The van der Waals surface area contributed by atoms with Crippen LogP contribution >= 0.6 is 11.6 Å². The summed E-state index contributed by atoms with van der Waals surface area (Å²) in [6.45, 7) is 0.231. The first kappa shape index (κ1) is 27.6. The van der Waals surface area contributed by atoms with Crippen LogP contribution in [0, 0.1) is 18.3 Å². The number of aliphatic hydroxyl groups is 1. The molecule has 0 unspecified atom stereocenters. The average molecular weight is 548 g/mol. The van der Waals surface area contributed by atoms with Gasteiger partial charge in [0.15, 0.2) is 5.69 Å². The van der Waals surface area contributed by atoms with Crippen LogP contribution in [-0.2, 0) is 12.7 Å². The van der Waals surface area contributed by atoms with Crippen LogP contribution in [0.5, 0.6) is 17.2 Å². The Labute approximate surface area is 210 Å². The summed E-state index contributed by atoms with van der Waals surface area (Å²) in [5.41, 5.74) is -4.23. The molecule has 0 aliphatic rings. The summed E-state index contributed by atoms with van der Waals surface area (Å²) in [6, 6.07) is 4.39. The Hall–Kier alpha value is -3.96. The summed E-state index contributed by atoms with van der Waals surface area (Å²) in [4.78, 5) is 16.3. The highest BCUT2D eigenvalue weighted by atomic mass is 35.5. The molecule has 2 N–H and O–H groups in total. The number of hydrogen-bond donors (Lipinski definition) is 2. The molecule has 37 heavy (non-hydrogen) atoms. The van der Waals surface area contributed by atoms with Gasteiger partial charge in [-0.3, -0.25) is 14.6 Å². The lowest BCUT2D eigenvalue weighted by Crippen LogP contribution is -2.38. The molecule has 0 radical (unpaired) electrons. The van der Waals surface area contributed by atoms with Gasteiger partial charge >= 0.3 is 6.18 Å². The van der Waals surface area contributed by atoms with E-state index < -0.39 is 47.5 Å². The predicted octanol–water partition coefficient (Wildman–Crippen LogP) is 3.77. The Kier molecular flexibility index (Phi) is 8.19. The van der Waals surface area contributed by atoms with Crippen molar-refractivity contribution in [2.45, 2.75) is 26.1 Å². The number of rotatable bonds is 8. The molecule has 0 atom stereocenters. The van der Waals surface area contributed by atoms with Crippen molar-refractivity contribution in [3.63, 3.8) is 0 Å². The van der Waals surface area contributed by atoms with Gasteiger partial charge in [0.25, 0.3) is 23.9 Å². The van der Waals surface area contributed by atoms with Gasteiger partial charge in [-0.2, -0.15) is 18.4 Å². The highest BCUT2D eigenvalue weighted by Gasteiger charge is 2.39. The standard InChI is InChI=1S/C22H17ClF5N4O5/c1-11-13(7-29)4-12(20(24)25)5-16(11)37-18-19(22(26,27)28)30-10-31(21(18)34)8-14-6-15(23)17(9-32(14)35)36-3-2-33/h4-6,9-10,20,33,35H,2-3,8H2,1H3/q+1. The topological polar surface area (TPSA) is 121 Å². The lowest BCUT2D eigenvalue weighted by atomic mass is 10.0. The molecule has 2 heterocycles. The number of halogens is 6. The van der Waals surface area contributed by atoms with Crippen LogP contribution in [-0.4, -0.2) is 33.1 Å². The van der Waals surface area contributed by atoms with Gasteiger partial charge in [-0.15, -0.1) is 0 Å². The van der Waals surface area contributed by atoms with E-state index in [4.69, 9.17) is 26.2 Å². The van der Waals surface area contributed by atoms with E-state index in [0.717, 1.165) is 24.4 Å². The molecule has 0 aliphatic carbocycles. The number of nitriles is 1. The van der Waals surface area contributed by atoms with Crippen molar-refractivity contribution in [1.29, 1.82) is 5.26 Å². The lowest BCUT2D eigenvalue weighted by Gasteiger charge is -2.16. The van der Waals surface area contributed by atoms with Crippen molar-refractivity contribution in [2.75, 3.05) is 13.2 Å². The third-order valence-corrected chi connectivity index (χ3v) is 5.27. The summed E-state index contributed by atoms with van der Waals surface area (Å²) >= 11 is 6.06. The molecule has 0 spiro atoms. The number of benzene rings is 1. The van der Waals surface area contributed by atoms with Gasteiger partial charge in [0.1, 0.15) is 18.9 Å². The number of ether oxygens (including phenoxy) is 2. The zero-order valence-electron chi connectivity index (χ0n) is 18.8. The summed E-state index contributed by atoms with van der Waals surface area (Å²) in [7, 11) is 0. The SMILES string of the molecule is Cc1c(C#N)cc(C(F)F)cc1Oc1c(C(F)(F)F)ncn(Cc2cc(Cl)c(OCCO)c[n+]2O)c1=O. The van der Waals surface area contributed by atoms with Crippen molar-refractivity contribution in [1.82, 2.24) is 9.55 Å². The number of aliphatic hydroxyl groups excluding tert-OH is 1. The van der Waals surface area contributed by atoms with Gasteiger partial charge in [0.2, 0.25) is 11.5 Å². The first-order valence-corrected chi connectivity index (χ1v) is 10.6. The Morgan fingerprint density at radius 3 is 2.57 bits per heavy atom.